The van der Waals surface area contributed by atoms with Crippen LogP contribution >= 0.6 is 0 Å². The van der Waals surface area contributed by atoms with Gasteiger partial charge >= 0.3 is 0 Å². The molecule has 46 valence electrons. The minimum Gasteiger partial charge on any atom is -0.0869 e. The molecule has 1 nitrogen and oxygen atoms in total. The van der Waals surface area contributed by atoms with E-state index in [1.54, 1.807) is 0 Å². The SMILES string of the molecule is C#[N+]CCCCCC. The largest absolute Gasteiger partial charge is 0.263 e. The van der Waals surface area contributed by atoms with Crippen LogP contribution < -0.4 is 0 Å². The van der Waals surface area contributed by atoms with E-state index in [0.29, 0.717) is 0 Å². The third-order valence-electron chi connectivity index (χ3n) is 1.14. The van der Waals surface area contributed by atoms with Gasteiger partial charge in [0.1, 0.15) is 0 Å². The van der Waals surface area contributed by atoms with Crippen molar-refractivity contribution in [1.29, 1.82) is 0 Å². The first-order chi connectivity index (χ1) is 3.91. The molecule has 0 rings (SSSR count). The summed E-state index contributed by atoms with van der Waals surface area (Å²) in [5.41, 5.74) is 0. The van der Waals surface area contributed by atoms with Gasteiger partial charge in [0.2, 0.25) is 0 Å². The van der Waals surface area contributed by atoms with E-state index >= 15 is 0 Å². The molecule has 0 bridgehead atoms. The predicted molar refractivity (Wildman–Crippen MR) is 37.3 cm³/mol. The third-order valence-corrected chi connectivity index (χ3v) is 1.14. The molecule has 0 atom stereocenters. The van der Waals surface area contributed by atoms with Crippen molar-refractivity contribution in [3.8, 4) is 6.57 Å². The van der Waals surface area contributed by atoms with Crippen molar-refractivity contribution in [3.63, 3.8) is 0 Å². The van der Waals surface area contributed by atoms with Crippen LogP contribution in [0.5, 0.6) is 0 Å². The highest BCUT2D eigenvalue weighted by Gasteiger charge is 1.88. The monoisotopic (exact) mass is 112 g/mol. The number of unbranched alkanes of at least 4 members (excludes halogenated alkanes) is 3. The molecule has 0 amide bonds. The predicted octanol–water partition coefficient (Wildman–Crippen LogP) is 2.53. The topological polar surface area (TPSA) is 4.36 Å². The number of nitrogens with zero attached hydrogens (tertiary/aromatic N) is 1. The smallest absolute Gasteiger partial charge is 0.0869 e. The van der Waals surface area contributed by atoms with Crippen molar-refractivity contribution in [2.75, 3.05) is 6.54 Å². The van der Waals surface area contributed by atoms with Crippen LogP contribution in [-0.2, 0) is 0 Å². The lowest BCUT2D eigenvalue weighted by molar-refractivity contribution is 0.694. The molecule has 0 aliphatic rings. The van der Waals surface area contributed by atoms with Gasteiger partial charge in [-0.05, 0) is 6.42 Å². The minimum absolute atomic E-state index is 0.833. The highest BCUT2D eigenvalue weighted by atomic mass is 14.6. The Morgan fingerprint density at radius 2 is 2.00 bits per heavy atom. The van der Waals surface area contributed by atoms with E-state index in [1.165, 1.54) is 19.3 Å². The molecule has 0 aliphatic carbocycles. The molecule has 0 radical (unpaired) electrons. The van der Waals surface area contributed by atoms with Crippen molar-refractivity contribution in [1.82, 2.24) is 0 Å². The fourth-order valence-electron chi connectivity index (χ4n) is 0.630. The van der Waals surface area contributed by atoms with Crippen molar-refractivity contribution >= 4 is 0 Å². The normalized spacial score (nSPS) is 8.50. The molecule has 0 spiro atoms. The molecule has 0 unspecified atom stereocenters. The second-order valence-electron chi connectivity index (χ2n) is 1.97. The van der Waals surface area contributed by atoms with E-state index in [1.807, 2.05) is 0 Å². The van der Waals surface area contributed by atoms with Crippen molar-refractivity contribution in [2.24, 2.45) is 0 Å². The van der Waals surface area contributed by atoms with Crippen molar-refractivity contribution in [3.05, 3.63) is 4.85 Å². The maximum atomic E-state index is 4.94. The Labute approximate surface area is 51.5 Å². The first kappa shape index (κ1) is 7.49. The average Bonchev–Trinajstić information content (AvgIpc) is 1.81. The summed E-state index contributed by atoms with van der Waals surface area (Å²) in [4.78, 5) is 3.51. The lowest BCUT2D eigenvalue weighted by Gasteiger charge is -1.86. The van der Waals surface area contributed by atoms with Crippen molar-refractivity contribution in [2.45, 2.75) is 32.6 Å². The molecule has 0 heterocycles. The molecular formula is C7H14N+. The zero-order valence-electron chi connectivity index (χ0n) is 5.56. The van der Waals surface area contributed by atoms with E-state index in [-0.39, 0.29) is 0 Å². The molecule has 0 saturated carbocycles. The Hall–Kier alpha value is -0.510. The molecule has 8 heavy (non-hydrogen) atoms. The number of hydrogen-bond donors (Lipinski definition) is 0. The Bertz CT molecular complexity index is 70.9. The van der Waals surface area contributed by atoms with Crippen LogP contribution in [0.4, 0.5) is 0 Å². The fourth-order valence-corrected chi connectivity index (χ4v) is 0.630. The van der Waals surface area contributed by atoms with Crippen LogP contribution in [0.15, 0.2) is 0 Å². The van der Waals surface area contributed by atoms with E-state index in [9.17, 15) is 0 Å². The summed E-state index contributed by atoms with van der Waals surface area (Å²) in [5, 5.41) is 0. The summed E-state index contributed by atoms with van der Waals surface area (Å²) in [5.74, 6) is 0. The Kier molecular flexibility index (Phi) is 6.08. The van der Waals surface area contributed by atoms with Gasteiger partial charge in [0.25, 0.3) is 13.1 Å². The summed E-state index contributed by atoms with van der Waals surface area (Å²) in [6.07, 6.45) is 5.03. The number of hydrogen-bond acceptors (Lipinski definition) is 0. The first-order valence-corrected chi connectivity index (χ1v) is 3.28. The van der Waals surface area contributed by atoms with Gasteiger partial charge in [-0.1, -0.05) is 24.6 Å². The van der Waals surface area contributed by atoms with Crippen LogP contribution in [0.25, 0.3) is 4.85 Å². The van der Waals surface area contributed by atoms with Crippen LogP contribution in [0.3, 0.4) is 0 Å². The van der Waals surface area contributed by atoms with Gasteiger partial charge in [-0.2, -0.15) is 0 Å². The summed E-state index contributed by atoms with van der Waals surface area (Å²) < 4.78 is 0. The average molecular weight is 112 g/mol. The Balaban J connectivity index is 2.65. The standard InChI is InChI=1S/C7H14N/c1-3-4-5-6-7-8-2/h2H,3-7H2,1H3/q+1. The highest BCUT2D eigenvalue weighted by Crippen LogP contribution is 1.97. The molecule has 0 fully saturated rings. The molecular weight excluding hydrogens is 98.1 g/mol. The minimum atomic E-state index is 0.833. The second-order valence-corrected chi connectivity index (χ2v) is 1.97. The first-order valence-electron chi connectivity index (χ1n) is 3.28. The van der Waals surface area contributed by atoms with Gasteiger partial charge in [0, 0.05) is 6.42 Å². The van der Waals surface area contributed by atoms with E-state index in [2.05, 4.69) is 11.8 Å². The van der Waals surface area contributed by atoms with Gasteiger partial charge in [-0.15, -0.1) is 0 Å². The zero-order chi connectivity index (χ0) is 6.24. The van der Waals surface area contributed by atoms with Crippen molar-refractivity contribution < 1.29 is 0 Å². The summed E-state index contributed by atoms with van der Waals surface area (Å²) in [6, 6.07) is 0. The van der Waals surface area contributed by atoms with E-state index in [4.69, 9.17) is 6.57 Å². The van der Waals surface area contributed by atoms with E-state index in [0.717, 1.165) is 13.0 Å². The lowest BCUT2D eigenvalue weighted by Crippen LogP contribution is -1.77. The van der Waals surface area contributed by atoms with E-state index < -0.39 is 0 Å². The summed E-state index contributed by atoms with van der Waals surface area (Å²) in [7, 11) is 0. The summed E-state index contributed by atoms with van der Waals surface area (Å²) in [6.45, 7) is 7.96. The van der Waals surface area contributed by atoms with Gasteiger partial charge in [0.05, 0.1) is 0 Å². The quantitative estimate of drug-likeness (QED) is 0.492. The molecule has 0 aromatic heterocycles. The molecule has 0 saturated heterocycles. The molecule has 0 aliphatic heterocycles. The number of rotatable bonds is 4. The van der Waals surface area contributed by atoms with Crippen LogP contribution in [0, 0.1) is 6.57 Å². The Morgan fingerprint density at radius 3 is 2.50 bits per heavy atom. The molecule has 0 N–H and O–H groups in total. The second kappa shape index (κ2) is 6.49. The van der Waals surface area contributed by atoms with Gasteiger partial charge in [-0.25, -0.2) is 0 Å². The third kappa shape index (κ3) is 5.49. The fraction of sp³-hybridized carbons (Fsp3) is 0.857. The Morgan fingerprint density at radius 1 is 1.25 bits per heavy atom. The van der Waals surface area contributed by atoms with Crippen LogP contribution in [0.1, 0.15) is 32.6 Å². The molecule has 0 aromatic carbocycles. The molecule has 0 aromatic rings. The van der Waals surface area contributed by atoms with Gasteiger partial charge < -0.3 is 0 Å². The maximum absolute atomic E-state index is 4.94. The molecule has 1 heteroatoms. The lowest BCUT2D eigenvalue weighted by atomic mass is 10.2. The maximum Gasteiger partial charge on any atom is 0.263 e. The summed E-state index contributed by atoms with van der Waals surface area (Å²) >= 11 is 0. The highest BCUT2D eigenvalue weighted by molar-refractivity contribution is 4.64. The van der Waals surface area contributed by atoms with Crippen LogP contribution in [0.2, 0.25) is 0 Å². The van der Waals surface area contributed by atoms with Gasteiger partial charge in [0.15, 0.2) is 0 Å². The van der Waals surface area contributed by atoms with Crippen LogP contribution in [-0.4, -0.2) is 6.54 Å². The van der Waals surface area contributed by atoms with Gasteiger partial charge in [-0.3, -0.25) is 0 Å². The zero-order valence-corrected chi connectivity index (χ0v) is 5.56.